The second kappa shape index (κ2) is 8.02. The quantitative estimate of drug-likeness (QED) is 0.579. The summed E-state index contributed by atoms with van der Waals surface area (Å²) in [5.41, 5.74) is 3.42. The molecular weight excluding hydrogens is 437 g/mol. The fraction of sp³-hybridized carbons (Fsp3) is 0.261. The minimum absolute atomic E-state index is 0.0151. The fourth-order valence-electron chi connectivity index (χ4n) is 4.23. The Labute approximate surface area is 189 Å². The van der Waals surface area contributed by atoms with Crippen LogP contribution < -0.4 is 4.90 Å². The van der Waals surface area contributed by atoms with Crippen molar-refractivity contribution in [3.63, 3.8) is 0 Å². The lowest BCUT2D eigenvalue weighted by Crippen LogP contribution is -2.40. The molecule has 1 unspecified atom stereocenters. The maximum Gasteiger partial charge on any atom is 0.228 e. The van der Waals surface area contributed by atoms with Gasteiger partial charge in [0.1, 0.15) is 0 Å². The van der Waals surface area contributed by atoms with Gasteiger partial charge in [-0.15, -0.1) is 0 Å². The molecule has 1 atom stereocenters. The first-order chi connectivity index (χ1) is 15.0. The van der Waals surface area contributed by atoms with E-state index in [9.17, 15) is 9.59 Å². The molecule has 1 fully saturated rings. The number of benzene rings is 2. The Hall–Kier alpha value is -2.83. The van der Waals surface area contributed by atoms with E-state index in [1.54, 1.807) is 41.3 Å². The third-order valence-electron chi connectivity index (χ3n) is 5.87. The predicted molar refractivity (Wildman–Crippen MR) is 118 cm³/mol. The van der Waals surface area contributed by atoms with E-state index >= 15 is 0 Å². The first-order valence-electron chi connectivity index (χ1n) is 10.1. The molecule has 2 aromatic carbocycles. The van der Waals surface area contributed by atoms with Gasteiger partial charge in [0.15, 0.2) is 5.76 Å². The normalized spacial score (nSPS) is 18.4. The van der Waals surface area contributed by atoms with Gasteiger partial charge < -0.3 is 14.3 Å². The van der Waals surface area contributed by atoms with Crippen LogP contribution in [0.15, 0.2) is 53.1 Å². The van der Waals surface area contributed by atoms with E-state index in [1.165, 1.54) is 0 Å². The second-order valence-corrected chi connectivity index (χ2v) is 8.71. The van der Waals surface area contributed by atoms with Crippen molar-refractivity contribution in [2.45, 2.75) is 19.4 Å². The van der Waals surface area contributed by atoms with Crippen LogP contribution in [0, 0.1) is 5.92 Å². The Balaban J connectivity index is 1.33. The SMILES string of the molecule is O=C(C1CC(=O)N(c2ccc(Cl)cc2)C1)N1CCc2noc(-c3ccc(Cl)cc3)c2C1. The van der Waals surface area contributed by atoms with Crippen molar-refractivity contribution < 1.29 is 14.1 Å². The topological polar surface area (TPSA) is 66.7 Å². The van der Waals surface area contributed by atoms with Gasteiger partial charge in [0.2, 0.25) is 11.8 Å². The predicted octanol–water partition coefficient (Wildman–Crippen LogP) is 4.59. The summed E-state index contributed by atoms with van der Waals surface area (Å²) >= 11 is 11.9. The zero-order valence-electron chi connectivity index (χ0n) is 16.6. The van der Waals surface area contributed by atoms with Crippen molar-refractivity contribution in [1.29, 1.82) is 0 Å². The maximum atomic E-state index is 13.3. The molecule has 0 bridgehead atoms. The van der Waals surface area contributed by atoms with Crippen LogP contribution in [0.1, 0.15) is 17.7 Å². The number of halogens is 2. The number of anilines is 1. The van der Waals surface area contributed by atoms with Gasteiger partial charge in [0, 0.05) is 52.8 Å². The molecule has 0 N–H and O–H groups in total. The van der Waals surface area contributed by atoms with Crippen molar-refractivity contribution in [3.8, 4) is 11.3 Å². The van der Waals surface area contributed by atoms with Crippen LogP contribution in [0.3, 0.4) is 0 Å². The molecule has 0 saturated carbocycles. The van der Waals surface area contributed by atoms with Crippen LogP contribution in [-0.4, -0.2) is 35.0 Å². The van der Waals surface area contributed by atoms with Crippen molar-refractivity contribution in [3.05, 3.63) is 69.8 Å². The lowest BCUT2D eigenvalue weighted by atomic mass is 9.99. The van der Waals surface area contributed by atoms with Gasteiger partial charge in [-0.2, -0.15) is 0 Å². The van der Waals surface area contributed by atoms with E-state index in [0.29, 0.717) is 41.9 Å². The Morgan fingerprint density at radius 3 is 2.42 bits per heavy atom. The molecule has 6 nitrogen and oxygen atoms in total. The molecule has 2 aliphatic rings. The molecule has 5 rings (SSSR count). The highest BCUT2D eigenvalue weighted by molar-refractivity contribution is 6.31. The third-order valence-corrected chi connectivity index (χ3v) is 6.37. The summed E-state index contributed by atoms with van der Waals surface area (Å²) in [6.45, 7) is 1.35. The molecular formula is C23H19Cl2N3O3. The Kier molecular flexibility index (Phi) is 5.20. The minimum Gasteiger partial charge on any atom is -0.356 e. The van der Waals surface area contributed by atoms with Crippen molar-refractivity contribution in [2.75, 3.05) is 18.0 Å². The number of aromatic nitrogens is 1. The molecule has 3 aromatic rings. The second-order valence-electron chi connectivity index (χ2n) is 7.84. The summed E-state index contributed by atoms with van der Waals surface area (Å²) < 4.78 is 5.59. The number of rotatable bonds is 3. The molecule has 1 saturated heterocycles. The Bertz CT molecular complexity index is 1140. The highest BCUT2D eigenvalue weighted by Crippen LogP contribution is 2.33. The highest BCUT2D eigenvalue weighted by atomic mass is 35.5. The average molecular weight is 456 g/mol. The summed E-state index contributed by atoms with van der Waals surface area (Å²) in [6, 6.07) is 14.4. The first-order valence-corrected chi connectivity index (χ1v) is 10.8. The molecule has 0 aliphatic carbocycles. The van der Waals surface area contributed by atoms with Gasteiger partial charge in [0.05, 0.1) is 18.2 Å². The summed E-state index contributed by atoms with van der Waals surface area (Å²) in [5.74, 6) is 0.224. The zero-order valence-corrected chi connectivity index (χ0v) is 18.1. The number of fused-ring (bicyclic) bond motifs is 1. The van der Waals surface area contributed by atoms with Crippen LogP contribution in [-0.2, 0) is 22.6 Å². The van der Waals surface area contributed by atoms with Gasteiger partial charge >= 0.3 is 0 Å². The maximum absolute atomic E-state index is 13.3. The van der Waals surface area contributed by atoms with Gasteiger partial charge in [-0.25, -0.2) is 0 Å². The third kappa shape index (κ3) is 3.82. The number of nitrogens with zero attached hydrogens (tertiary/aromatic N) is 3. The van der Waals surface area contributed by atoms with Crippen molar-refractivity contribution >= 4 is 40.7 Å². The van der Waals surface area contributed by atoms with Gasteiger partial charge in [-0.3, -0.25) is 9.59 Å². The van der Waals surface area contributed by atoms with E-state index < -0.39 is 0 Å². The van der Waals surface area contributed by atoms with Crippen molar-refractivity contribution in [1.82, 2.24) is 10.1 Å². The average Bonchev–Trinajstić information content (AvgIpc) is 3.38. The van der Waals surface area contributed by atoms with Crippen LogP contribution in [0.2, 0.25) is 10.0 Å². The monoisotopic (exact) mass is 455 g/mol. The summed E-state index contributed by atoms with van der Waals surface area (Å²) in [7, 11) is 0. The summed E-state index contributed by atoms with van der Waals surface area (Å²) in [5, 5.41) is 5.45. The Morgan fingerprint density at radius 2 is 1.71 bits per heavy atom. The number of hydrogen-bond donors (Lipinski definition) is 0. The van der Waals surface area contributed by atoms with Crippen LogP contribution in [0.5, 0.6) is 0 Å². The molecule has 0 radical (unpaired) electrons. The standard InChI is InChI=1S/C23H19Cl2N3O3/c24-16-3-1-14(2-4-16)22-19-13-27(10-9-20(19)26-31-22)23(30)15-11-21(29)28(12-15)18-7-5-17(25)6-8-18/h1-8,15H,9-13H2. The van der Waals surface area contributed by atoms with Gasteiger partial charge in [-0.05, 0) is 48.5 Å². The van der Waals surface area contributed by atoms with Crippen LogP contribution in [0.25, 0.3) is 11.3 Å². The molecule has 1 aromatic heterocycles. The number of carbonyl (C=O) groups is 2. The van der Waals surface area contributed by atoms with Gasteiger partial charge in [0.25, 0.3) is 0 Å². The first kappa shape index (κ1) is 20.1. The van der Waals surface area contributed by atoms with Crippen LogP contribution >= 0.6 is 23.2 Å². The van der Waals surface area contributed by atoms with Crippen LogP contribution in [0.4, 0.5) is 5.69 Å². The fourth-order valence-corrected chi connectivity index (χ4v) is 4.48. The zero-order chi connectivity index (χ0) is 21.5. The molecule has 8 heteroatoms. The minimum atomic E-state index is -0.372. The molecule has 3 heterocycles. The molecule has 2 aliphatic heterocycles. The number of carbonyl (C=O) groups excluding carboxylic acids is 2. The Morgan fingerprint density at radius 1 is 1.03 bits per heavy atom. The molecule has 0 spiro atoms. The summed E-state index contributed by atoms with van der Waals surface area (Å²) in [6.07, 6.45) is 0.832. The smallest absolute Gasteiger partial charge is 0.228 e. The van der Waals surface area contributed by atoms with Gasteiger partial charge in [-0.1, -0.05) is 28.4 Å². The van der Waals surface area contributed by atoms with E-state index in [1.807, 2.05) is 17.0 Å². The molecule has 2 amide bonds. The van der Waals surface area contributed by atoms with E-state index in [2.05, 4.69) is 5.16 Å². The molecule has 31 heavy (non-hydrogen) atoms. The van der Waals surface area contributed by atoms with E-state index in [0.717, 1.165) is 22.5 Å². The summed E-state index contributed by atoms with van der Waals surface area (Å²) in [4.78, 5) is 29.3. The van der Waals surface area contributed by atoms with E-state index in [-0.39, 0.29) is 24.2 Å². The molecule has 158 valence electrons. The lowest BCUT2D eigenvalue weighted by molar-refractivity contribution is -0.136. The van der Waals surface area contributed by atoms with E-state index in [4.69, 9.17) is 27.7 Å². The van der Waals surface area contributed by atoms with Crippen molar-refractivity contribution in [2.24, 2.45) is 5.92 Å². The number of hydrogen-bond acceptors (Lipinski definition) is 4. The largest absolute Gasteiger partial charge is 0.356 e. The lowest BCUT2D eigenvalue weighted by Gasteiger charge is -2.28. The highest BCUT2D eigenvalue weighted by Gasteiger charge is 2.38. The number of amides is 2.